The van der Waals surface area contributed by atoms with E-state index < -0.39 is 0 Å². The molecule has 25 heavy (non-hydrogen) atoms. The van der Waals surface area contributed by atoms with Crippen molar-refractivity contribution in [2.45, 2.75) is 32.5 Å². The third kappa shape index (κ3) is 4.97. The Labute approximate surface area is 155 Å². The van der Waals surface area contributed by atoms with E-state index in [1.165, 1.54) is 5.56 Å². The molecule has 0 spiro atoms. The largest absolute Gasteiger partial charge is 0.399 e. The molecule has 0 aliphatic carbocycles. The number of nitrogen functional groups attached to an aromatic ring is 1. The van der Waals surface area contributed by atoms with E-state index >= 15 is 0 Å². The smallest absolute Gasteiger partial charge is 0.254 e. The van der Waals surface area contributed by atoms with Crippen molar-refractivity contribution in [3.63, 3.8) is 0 Å². The molecule has 0 bridgehead atoms. The zero-order valence-corrected chi connectivity index (χ0v) is 15.3. The SMILES string of the molecule is Cc1ccc(N)cc1C(=O)N1CCC(OCc2ccccc2)CC1.Cl. The van der Waals surface area contributed by atoms with E-state index in [2.05, 4.69) is 12.1 Å². The Morgan fingerprint density at radius 3 is 2.52 bits per heavy atom. The van der Waals surface area contributed by atoms with Crippen LogP contribution in [0.15, 0.2) is 48.5 Å². The number of carbonyl (C=O) groups is 1. The molecule has 2 aromatic carbocycles. The molecule has 0 atom stereocenters. The molecular weight excluding hydrogens is 336 g/mol. The van der Waals surface area contributed by atoms with Gasteiger partial charge in [-0.15, -0.1) is 12.4 Å². The van der Waals surface area contributed by atoms with Crippen LogP contribution in [0.25, 0.3) is 0 Å². The second-order valence-electron chi connectivity index (χ2n) is 6.36. The first kappa shape index (κ1) is 19.3. The van der Waals surface area contributed by atoms with Gasteiger partial charge in [-0.05, 0) is 43.0 Å². The average molecular weight is 361 g/mol. The second kappa shape index (κ2) is 8.88. The summed E-state index contributed by atoms with van der Waals surface area (Å²) in [6.07, 6.45) is 1.97. The van der Waals surface area contributed by atoms with E-state index in [0.717, 1.165) is 31.5 Å². The zero-order chi connectivity index (χ0) is 16.9. The maximum Gasteiger partial charge on any atom is 0.254 e. The van der Waals surface area contributed by atoms with Gasteiger partial charge in [-0.2, -0.15) is 0 Å². The summed E-state index contributed by atoms with van der Waals surface area (Å²) >= 11 is 0. The molecule has 4 nitrogen and oxygen atoms in total. The first-order valence-corrected chi connectivity index (χ1v) is 8.44. The normalized spacial score (nSPS) is 14.8. The highest BCUT2D eigenvalue weighted by molar-refractivity contribution is 5.96. The predicted molar refractivity (Wildman–Crippen MR) is 103 cm³/mol. The summed E-state index contributed by atoms with van der Waals surface area (Å²) in [6, 6.07) is 15.7. The fourth-order valence-corrected chi connectivity index (χ4v) is 3.05. The third-order valence-corrected chi connectivity index (χ3v) is 4.55. The Morgan fingerprint density at radius 1 is 1.16 bits per heavy atom. The fraction of sp³-hybridized carbons (Fsp3) is 0.350. The van der Waals surface area contributed by atoms with E-state index in [-0.39, 0.29) is 24.4 Å². The van der Waals surface area contributed by atoms with Gasteiger partial charge in [0.15, 0.2) is 0 Å². The van der Waals surface area contributed by atoms with E-state index in [0.29, 0.717) is 17.9 Å². The quantitative estimate of drug-likeness (QED) is 0.843. The molecule has 1 fully saturated rings. The van der Waals surface area contributed by atoms with E-state index in [4.69, 9.17) is 10.5 Å². The van der Waals surface area contributed by atoms with Gasteiger partial charge in [0.05, 0.1) is 12.7 Å². The average Bonchev–Trinajstić information content (AvgIpc) is 2.63. The van der Waals surface area contributed by atoms with Crippen molar-refractivity contribution in [1.82, 2.24) is 4.90 Å². The minimum Gasteiger partial charge on any atom is -0.399 e. The van der Waals surface area contributed by atoms with Gasteiger partial charge in [0.2, 0.25) is 0 Å². The predicted octanol–water partition coefficient (Wildman–Crippen LogP) is 3.82. The van der Waals surface area contributed by atoms with Gasteiger partial charge in [0, 0.05) is 24.3 Å². The van der Waals surface area contributed by atoms with Crippen molar-refractivity contribution >= 4 is 24.0 Å². The summed E-state index contributed by atoms with van der Waals surface area (Å²) in [5.41, 5.74) is 9.31. The monoisotopic (exact) mass is 360 g/mol. The molecular formula is C20H25ClN2O2. The first-order valence-electron chi connectivity index (χ1n) is 8.44. The number of nitrogens with two attached hydrogens (primary N) is 1. The van der Waals surface area contributed by atoms with Gasteiger partial charge >= 0.3 is 0 Å². The number of anilines is 1. The van der Waals surface area contributed by atoms with Crippen LogP contribution in [-0.4, -0.2) is 30.0 Å². The lowest BCUT2D eigenvalue weighted by Gasteiger charge is -2.32. The number of piperidine rings is 1. The molecule has 0 saturated carbocycles. The molecule has 1 heterocycles. The number of halogens is 1. The molecule has 1 amide bonds. The second-order valence-corrected chi connectivity index (χ2v) is 6.36. The number of ether oxygens (including phenoxy) is 1. The standard InChI is InChI=1S/C20H24N2O2.ClH/c1-15-7-8-17(21)13-19(15)20(23)22-11-9-18(10-12-22)24-14-16-5-3-2-4-6-16;/h2-8,13,18H,9-12,14,21H2,1H3;1H. The molecule has 5 heteroatoms. The highest BCUT2D eigenvalue weighted by atomic mass is 35.5. The number of hydrogen-bond donors (Lipinski definition) is 1. The summed E-state index contributed by atoms with van der Waals surface area (Å²) in [5.74, 6) is 0.0707. The molecule has 3 rings (SSSR count). The highest BCUT2D eigenvalue weighted by Gasteiger charge is 2.25. The molecule has 2 N–H and O–H groups in total. The van der Waals surface area contributed by atoms with Crippen LogP contribution in [-0.2, 0) is 11.3 Å². The van der Waals surface area contributed by atoms with Crippen molar-refractivity contribution < 1.29 is 9.53 Å². The lowest BCUT2D eigenvalue weighted by Crippen LogP contribution is -2.41. The minimum atomic E-state index is 0. The summed E-state index contributed by atoms with van der Waals surface area (Å²) in [7, 11) is 0. The Morgan fingerprint density at radius 2 is 1.84 bits per heavy atom. The lowest BCUT2D eigenvalue weighted by molar-refractivity contribution is -0.000392. The number of benzene rings is 2. The molecule has 1 aliphatic heterocycles. The van der Waals surface area contributed by atoms with Crippen molar-refractivity contribution in [2.75, 3.05) is 18.8 Å². The Bertz CT molecular complexity index is 698. The maximum atomic E-state index is 12.7. The maximum absolute atomic E-state index is 12.7. The van der Waals surface area contributed by atoms with E-state index in [1.54, 1.807) is 6.07 Å². The Hall–Kier alpha value is -2.04. The summed E-state index contributed by atoms with van der Waals surface area (Å²) in [4.78, 5) is 14.6. The molecule has 2 aromatic rings. The lowest BCUT2D eigenvalue weighted by atomic mass is 10.0. The van der Waals surface area contributed by atoms with Crippen molar-refractivity contribution in [3.8, 4) is 0 Å². The van der Waals surface area contributed by atoms with Crippen LogP contribution < -0.4 is 5.73 Å². The van der Waals surface area contributed by atoms with Gasteiger partial charge in [-0.1, -0.05) is 36.4 Å². The Balaban J connectivity index is 0.00000225. The summed E-state index contributed by atoms with van der Waals surface area (Å²) in [5, 5.41) is 0. The van der Waals surface area contributed by atoms with Crippen molar-refractivity contribution in [3.05, 3.63) is 65.2 Å². The van der Waals surface area contributed by atoms with Crippen molar-refractivity contribution in [1.29, 1.82) is 0 Å². The van der Waals surface area contributed by atoms with Gasteiger partial charge in [-0.25, -0.2) is 0 Å². The summed E-state index contributed by atoms with van der Waals surface area (Å²) < 4.78 is 5.99. The molecule has 0 unspecified atom stereocenters. The van der Waals surface area contributed by atoms with Crippen LogP contribution in [0.2, 0.25) is 0 Å². The van der Waals surface area contributed by atoms with Crippen LogP contribution in [0.1, 0.15) is 34.3 Å². The molecule has 0 radical (unpaired) electrons. The van der Waals surface area contributed by atoms with Gasteiger partial charge in [0.1, 0.15) is 0 Å². The molecule has 1 saturated heterocycles. The third-order valence-electron chi connectivity index (χ3n) is 4.55. The number of rotatable bonds is 4. The van der Waals surface area contributed by atoms with E-state index in [1.807, 2.05) is 42.2 Å². The van der Waals surface area contributed by atoms with Crippen LogP contribution in [0.4, 0.5) is 5.69 Å². The van der Waals surface area contributed by atoms with Gasteiger partial charge in [0.25, 0.3) is 5.91 Å². The number of nitrogens with zero attached hydrogens (tertiary/aromatic N) is 1. The minimum absolute atomic E-state index is 0. The number of carbonyl (C=O) groups excluding carboxylic acids is 1. The van der Waals surface area contributed by atoms with Gasteiger partial charge in [-0.3, -0.25) is 4.79 Å². The van der Waals surface area contributed by atoms with Crippen LogP contribution in [0.3, 0.4) is 0 Å². The van der Waals surface area contributed by atoms with Crippen LogP contribution >= 0.6 is 12.4 Å². The highest BCUT2D eigenvalue weighted by Crippen LogP contribution is 2.20. The molecule has 134 valence electrons. The van der Waals surface area contributed by atoms with Crippen LogP contribution in [0.5, 0.6) is 0 Å². The molecule has 1 aliphatic rings. The van der Waals surface area contributed by atoms with Gasteiger partial charge < -0.3 is 15.4 Å². The summed E-state index contributed by atoms with van der Waals surface area (Å²) in [6.45, 7) is 4.04. The zero-order valence-electron chi connectivity index (χ0n) is 14.5. The topological polar surface area (TPSA) is 55.6 Å². The van der Waals surface area contributed by atoms with Crippen molar-refractivity contribution in [2.24, 2.45) is 0 Å². The Kier molecular flexibility index (Phi) is 6.85. The number of amides is 1. The molecule has 0 aromatic heterocycles. The number of aryl methyl sites for hydroxylation is 1. The van der Waals surface area contributed by atoms with Crippen LogP contribution in [0, 0.1) is 6.92 Å². The van der Waals surface area contributed by atoms with E-state index in [9.17, 15) is 4.79 Å². The number of likely N-dealkylation sites (tertiary alicyclic amines) is 1. The fourth-order valence-electron chi connectivity index (χ4n) is 3.05. The number of hydrogen-bond acceptors (Lipinski definition) is 3. The first-order chi connectivity index (χ1) is 11.6.